The molecule has 0 radical (unpaired) electrons. The van der Waals surface area contributed by atoms with E-state index in [4.69, 9.17) is 0 Å². The fourth-order valence-corrected chi connectivity index (χ4v) is 3.68. The molecule has 2 nitrogen and oxygen atoms in total. The van der Waals surface area contributed by atoms with Gasteiger partial charge in [-0.3, -0.25) is 4.90 Å². The van der Waals surface area contributed by atoms with Gasteiger partial charge in [0, 0.05) is 12.6 Å². The second-order valence-electron chi connectivity index (χ2n) is 5.78. The van der Waals surface area contributed by atoms with Crippen molar-refractivity contribution in [2.45, 2.75) is 50.7 Å². The van der Waals surface area contributed by atoms with E-state index in [9.17, 15) is 5.11 Å². The Morgan fingerprint density at radius 3 is 3.06 bits per heavy atom. The van der Waals surface area contributed by atoms with Crippen LogP contribution >= 0.6 is 0 Å². The molecule has 0 amide bonds. The third-order valence-corrected chi connectivity index (χ3v) is 4.78. The maximum Gasteiger partial charge on any atom is 0.106 e. The first-order chi connectivity index (χ1) is 8.74. The molecule has 0 bridgehead atoms. The number of aliphatic hydroxyl groups is 1. The third-order valence-electron chi connectivity index (χ3n) is 4.78. The monoisotopic (exact) mass is 245 g/mol. The van der Waals surface area contributed by atoms with Crippen molar-refractivity contribution in [2.75, 3.05) is 13.1 Å². The van der Waals surface area contributed by atoms with Crippen LogP contribution in [0.1, 0.15) is 43.7 Å². The number of benzene rings is 1. The molecule has 2 atom stereocenters. The Hall–Kier alpha value is -0.860. The molecule has 2 heterocycles. The van der Waals surface area contributed by atoms with Crippen LogP contribution in [-0.4, -0.2) is 29.1 Å². The van der Waals surface area contributed by atoms with Gasteiger partial charge in [-0.1, -0.05) is 37.6 Å². The van der Waals surface area contributed by atoms with Gasteiger partial charge in [0.15, 0.2) is 0 Å². The lowest BCUT2D eigenvalue weighted by molar-refractivity contribution is -0.0138. The molecule has 0 saturated carbocycles. The Labute approximate surface area is 110 Å². The minimum atomic E-state index is -0.606. The molecule has 2 saturated heterocycles. The first-order valence-electron chi connectivity index (χ1n) is 7.30. The van der Waals surface area contributed by atoms with E-state index in [2.05, 4.69) is 36.1 Å². The molecular formula is C16H23NO. The molecular weight excluding hydrogens is 222 g/mol. The fraction of sp³-hybridized carbons (Fsp3) is 0.625. The molecule has 2 aliphatic rings. The van der Waals surface area contributed by atoms with E-state index >= 15 is 0 Å². The lowest BCUT2D eigenvalue weighted by Gasteiger charge is -2.37. The van der Waals surface area contributed by atoms with E-state index in [-0.39, 0.29) is 0 Å². The smallest absolute Gasteiger partial charge is 0.106 e. The molecule has 2 fully saturated rings. The molecule has 2 aliphatic heterocycles. The van der Waals surface area contributed by atoms with Crippen molar-refractivity contribution in [1.29, 1.82) is 0 Å². The second kappa shape index (κ2) is 4.67. The summed E-state index contributed by atoms with van der Waals surface area (Å²) in [5.74, 6) is 0. The zero-order valence-corrected chi connectivity index (χ0v) is 11.2. The summed E-state index contributed by atoms with van der Waals surface area (Å²) < 4.78 is 0. The quantitative estimate of drug-likeness (QED) is 0.866. The summed E-state index contributed by atoms with van der Waals surface area (Å²) in [6.07, 6.45) is 5.63. The number of fused-ring (bicyclic) bond motifs is 1. The number of hydrogen-bond donors (Lipinski definition) is 1. The highest BCUT2D eigenvalue weighted by Crippen LogP contribution is 2.42. The average molecular weight is 245 g/mol. The van der Waals surface area contributed by atoms with Gasteiger partial charge < -0.3 is 5.11 Å². The first kappa shape index (κ1) is 12.2. The van der Waals surface area contributed by atoms with Crippen molar-refractivity contribution < 1.29 is 5.11 Å². The van der Waals surface area contributed by atoms with E-state index in [0.717, 1.165) is 31.4 Å². The minimum Gasteiger partial charge on any atom is -0.383 e. The Morgan fingerprint density at radius 1 is 1.33 bits per heavy atom. The fourth-order valence-electron chi connectivity index (χ4n) is 3.68. The highest BCUT2D eigenvalue weighted by molar-refractivity contribution is 5.31. The standard InChI is InChI=1S/C16H23NO/c1-2-13-6-5-7-14(12-13)16(18)9-11-17-10-4-3-8-15(16)17/h5-7,12,15,18H,2-4,8-11H2,1H3. The second-order valence-corrected chi connectivity index (χ2v) is 5.78. The van der Waals surface area contributed by atoms with Crippen LogP contribution in [0.3, 0.4) is 0 Å². The molecule has 1 aromatic carbocycles. The van der Waals surface area contributed by atoms with Gasteiger partial charge in [-0.25, -0.2) is 0 Å². The topological polar surface area (TPSA) is 23.5 Å². The Balaban J connectivity index is 1.93. The summed E-state index contributed by atoms with van der Waals surface area (Å²) in [6.45, 7) is 4.39. The summed E-state index contributed by atoms with van der Waals surface area (Å²) in [4.78, 5) is 2.49. The zero-order valence-electron chi connectivity index (χ0n) is 11.2. The molecule has 98 valence electrons. The SMILES string of the molecule is CCc1cccc(C2(O)CCN3CCCCC32)c1. The van der Waals surface area contributed by atoms with Crippen molar-refractivity contribution >= 4 is 0 Å². The molecule has 0 aromatic heterocycles. The number of hydrogen-bond acceptors (Lipinski definition) is 2. The van der Waals surface area contributed by atoms with Crippen LogP contribution in [0.2, 0.25) is 0 Å². The van der Waals surface area contributed by atoms with Crippen LogP contribution < -0.4 is 0 Å². The highest BCUT2D eigenvalue weighted by Gasteiger charge is 2.47. The lowest BCUT2D eigenvalue weighted by Crippen LogP contribution is -2.45. The van der Waals surface area contributed by atoms with Crippen LogP contribution in [-0.2, 0) is 12.0 Å². The summed E-state index contributed by atoms with van der Waals surface area (Å²) in [5.41, 5.74) is 1.86. The van der Waals surface area contributed by atoms with E-state index < -0.39 is 5.60 Å². The summed E-state index contributed by atoms with van der Waals surface area (Å²) >= 11 is 0. The van der Waals surface area contributed by atoms with Crippen molar-refractivity contribution in [3.05, 3.63) is 35.4 Å². The predicted octanol–water partition coefficient (Wildman–Crippen LogP) is 2.69. The van der Waals surface area contributed by atoms with Crippen molar-refractivity contribution in [2.24, 2.45) is 0 Å². The number of nitrogens with zero attached hydrogens (tertiary/aromatic N) is 1. The maximum atomic E-state index is 11.1. The van der Waals surface area contributed by atoms with Gasteiger partial charge in [-0.2, -0.15) is 0 Å². The van der Waals surface area contributed by atoms with Gasteiger partial charge in [0.05, 0.1) is 0 Å². The molecule has 2 unspecified atom stereocenters. The lowest BCUT2D eigenvalue weighted by atomic mass is 9.82. The van der Waals surface area contributed by atoms with Gasteiger partial charge in [0.25, 0.3) is 0 Å². The van der Waals surface area contributed by atoms with Crippen molar-refractivity contribution in [3.63, 3.8) is 0 Å². The number of aryl methyl sites for hydroxylation is 1. The van der Waals surface area contributed by atoms with Crippen molar-refractivity contribution in [3.8, 4) is 0 Å². The summed E-state index contributed by atoms with van der Waals surface area (Å²) in [7, 11) is 0. The Bertz CT molecular complexity index is 431. The molecule has 3 rings (SSSR count). The Kier molecular flexibility index (Phi) is 3.16. The van der Waals surface area contributed by atoms with E-state index in [0.29, 0.717) is 6.04 Å². The van der Waals surface area contributed by atoms with Gasteiger partial charge in [-0.15, -0.1) is 0 Å². The largest absolute Gasteiger partial charge is 0.383 e. The van der Waals surface area contributed by atoms with Gasteiger partial charge >= 0.3 is 0 Å². The van der Waals surface area contributed by atoms with Crippen LogP contribution in [0.5, 0.6) is 0 Å². The average Bonchev–Trinajstić information content (AvgIpc) is 2.79. The zero-order chi connectivity index (χ0) is 12.6. The third kappa shape index (κ3) is 1.88. The van der Waals surface area contributed by atoms with E-state index in [1.165, 1.54) is 24.9 Å². The summed E-state index contributed by atoms with van der Waals surface area (Å²) in [5, 5.41) is 11.1. The van der Waals surface area contributed by atoms with Crippen LogP contribution in [0.25, 0.3) is 0 Å². The molecule has 2 heteroatoms. The highest BCUT2D eigenvalue weighted by atomic mass is 16.3. The molecule has 0 aliphatic carbocycles. The molecule has 1 aromatic rings. The molecule has 18 heavy (non-hydrogen) atoms. The normalized spacial score (nSPS) is 32.4. The van der Waals surface area contributed by atoms with Crippen molar-refractivity contribution in [1.82, 2.24) is 4.90 Å². The molecule has 1 N–H and O–H groups in total. The summed E-state index contributed by atoms with van der Waals surface area (Å²) in [6, 6.07) is 8.91. The van der Waals surface area contributed by atoms with Crippen LogP contribution in [0.4, 0.5) is 0 Å². The maximum absolute atomic E-state index is 11.1. The van der Waals surface area contributed by atoms with Crippen LogP contribution in [0, 0.1) is 0 Å². The Morgan fingerprint density at radius 2 is 2.22 bits per heavy atom. The van der Waals surface area contributed by atoms with E-state index in [1.54, 1.807) is 0 Å². The van der Waals surface area contributed by atoms with E-state index in [1.807, 2.05) is 0 Å². The van der Waals surface area contributed by atoms with Gasteiger partial charge in [0.1, 0.15) is 5.60 Å². The number of piperidine rings is 1. The predicted molar refractivity (Wildman–Crippen MR) is 73.5 cm³/mol. The minimum absolute atomic E-state index is 0.346. The first-order valence-corrected chi connectivity index (χ1v) is 7.30. The van der Waals surface area contributed by atoms with Gasteiger partial charge in [-0.05, 0) is 43.4 Å². The number of rotatable bonds is 2. The van der Waals surface area contributed by atoms with Crippen LogP contribution in [0.15, 0.2) is 24.3 Å². The van der Waals surface area contributed by atoms with Gasteiger partial charge in [0.2, 0.25) is 0 Å². The molecule has 0 spiro atoms.